The summed E-state index contributed by atoms with van der Waals surface area (Å²) in [5.74, 6) is 0.578. The minimum absolute atomic E-state index is 0.00398. The Labute approximate surface area is 205 Å². The number of carbonyl (C=O) groups excluding carboxylic acids is 1. The van der Waals surface area contributed by atoms with Gasteiger partial charge in [-0.25, -0.2) is 13.1 Å². The van der Waals surface area contributed by atoms with Crippen molar-refractivity contribution >= 4 is 15.9 Å². The highest BCUT2D eigenvalue weighted by Gasteiger charge is 2.30. The van der Waals surface area contributed by atoms with Crippen molar-refractivity contribution in [2.24, 2.45) is 0 Å². The van der Waals surface area contributed by atoms with Gasteiger partial charge in [-0.1, -0.05) is 39.0 Å². The van der Waals surface area contributed by atoms with Crippen LogP contribution in [0, 0.1) is 0 Å². The molecule has 2 aromatic carbocycles. The maximum Gasteiger partial charge on any atom is 0.279 e. The molecule has 1 aliphatic heterocycles. The van der Waals surface area contributed by atoms with Crippen LogP contribution in [0.3, 0.4) is 0 Å². The van der Waals surface area contributed by atoms with Crippen LogP contribution in [0.2, 0.25) is 0 Å². The molecule has 0 saturated heterocycles. The quantitative estimate of drug-likeness (QED) is 0.475. The van der Waals surface area contributed by atoms with Gasteiger partial charge in [-0.2, -0.15) is 0 Å². The number of nitrogens with zero attached hydrogens (tertiary/aromatic N) is 1. The van der Waals surface area contributed by atoms with Gasteiger partial charge in [0.2, 0.25) is 12.9 Å². The van der Waals surface area contributed by atoms with Gasteiger partial charge in [-0.05, 0) is 61.2 Å². The number of aryl methyl sites for hydroxylation is 3. The molecule has 1 atom stereocenters. The van der Waals surface area contributed by atoms with E-state index in [2.05, 4.69) is 9.71 Å². The fourth-order valence-corrected chi connectivity index (χ4v) is 4.70. The third-order valence-corrected chi connectivity index (χ3v) is 7.11. The number of pyridine rings is 1. The molecule has 184 valence electrons. The molecule has 0 saturated carbocycles. The van der Waals surface area contributed by atoms with Crippen LogP contribution >= 0.6 is 0 Å². The zero-order valence-electron chi connectivity index (χ0n) is 19.9. The number of aromatic nitrogens is 1. The van der Waals surface area contributed by atoms with Gasteiger partial charge >= 0.3 is 0 Å². The summed E-state index contributed by atoms with van der Waals surface area (Å²) in [5, 5.41) is 0. The van der Waals surface area contributed by atoms with E-state index in [0.29, 0.717) is 34.9 Å². The summed E-state index contributed by atoms with van der Waals surface area (Å²) in [4.78, 5) is 18.0. The van der Waals surface area contributed by atoms with E-state index in [-0.39, 0.29) is 11.7 Å². The molecule has 4 rings (SSSR count). The van der Waals surface area contributed by atoms with Gasteiger partial charge in [-0.15, -0.1) is 0 Å². The lowest BCUT2D eigenvalue weighted by Crippen LogP contribution is -2.37. The van der Waals surface area contributed by atoms with E-state index in [1.165, 1.54) is 12.1 Å². The molecule has 3 aromatic rings. The van der Waals surface area contributed by atoms with Crippen LogP contribution < -0.4 is 18.9 Å². The zero-order valence-corrected chi connectivity index (χ0v) is 20.7. The minimum atomic E-state index is -4.12. The number of rotatable bonds is 9. The first-order valence-corrected chi connectivity index (χ1v) is 13.0. The number of nitrogens with one attached hydrogen (secondary N) is 1. The average molecular weight is 497 g/mol. The summed E-state index contributed by atoms with van der Waals surface area (Å²) < 4.78 is 45.1. The second-order valence-electron chi connectivity index (χ2n) is 8.03. The molecular weight excluding hydrogens is 468 g/mol. The van der Waals surface area contributed by atoms with Gasteiger partial charge in [0.15, 0.2) is 11.5 Å². The molecule has 0 spiro atoms. The summed E-state index contributed by atoms with van der Waals surface area (Å²) in [5.41, 5.74) is 2.99. The van der Waals surface area contributed by atoms with Crippen LogP contribution in [-0.4, -0.2) is 26.1 Å². The molecule has 35 heavy (non-hydrogen) atoms. The first-order chi connectivity index (χ1) is 16.8. The number of hydrogen-bond acceptors (Lipinski definition) is 7. The van der Waals surface area contributed by atoms with Crippen LogP contribution in [0.1, 0.15) is 49.4 Å². The smallest absolute Gasteiger partial charge is 0.279 e. The lowest BCUT2D eigenvalue weighted by atomic mass is 10.1. The van der Waals surface area contributed by atoms with E-state index in [1.807, 2.05) is 26.8 Å². The molecule has 1 aromatic heterocycles. The van der Waals surface area contributed by atoms with Gasteiger partial charge in [-0.3, -0.25) is 9.78 Å². The van der Waals surface area contributed by atoms with Crippen molar-refractivity contribution in [3.8, 4) is 17.2 Å². The van der Waals surface area contributed by atoms with E-state index >= 15 is 0 Å². The number of benzene rings is 2. The Hall–Kier alpha value is -3.59. The third-order valence-electron chi connectivity index (χ3n) is 5.75. The molecule has 1 N–H and O–H groups in total. The summed E-state index contributed by atoms with van der Waals surface area (Å²) in [7, 11) is -4.12. The lowest BCUT2D eigenvalue weighted by molar-refractivity contribution is -0.126. The van der Waals surface area contributed by atoms with Gasteiger partial charge < -0.3 is 14.2 Å². The van der Waals surface area contributed by atoms with Crippen molar-refractivity contribution in [2.75, 3.05) is 6.79 Å². The summed E-state index contributed by atoms with van der Waals surface area (Å²) in [6.45, 7) is 5.99. The van der Waals surface area contributed by atoms with Crippen LogP contribution in [0.15, 0.2) is 59.5 Å². The Balaban J connectivity index is 1.68. The van der Waals surface area contributed by atoms with E-state index < -0.39 is 22.0 Å². The molecule has 9 heteroatoms. The predicted molar refractivity (Wildman–Crippen MR) is 130 cm³/mol. The first-order valence-electron chi connectivity index (χ1n) is 11.5. The van der Waals surface area contributed by atoms with E-state index in [4.69, 9.17) is 14.2 Å². The maximum atomic E-state index is 13.4. The highest BCUT2D eigenvalue weighted by molar-refractivity contribution is 7.90. The number of carbonyl (C=O) groups is 1. The van der Waals surface area contributed by atoms with Crippen molar-refractivity contribution in [1.29, 1.82) is 0 Å². The zero-order chi connectivity index (χ0) is 25.0. The van der Waals surface area contributed by atoms with Crippen LogP contribution in [0.5, 0.6) is 17.2 Å². The van der Waals surface area contributed by atoms with Crippen LogP contribution in [0.25, 0.3) is 0 Å². The molecule has 8 nitrogen and oxygen atoms in total. The minimum Gasteiger partial charge on any atom is -0.474 e. The fraction of sp³-hybridized carbons (Fsp3) is 0.308. The SMILES string of the molecule is CCc1ccc(S(=O)(=O)NC(=O)C(Oc2ccc(CC)nc2CC)c2ccc3c(c2)OCO3)cc1. The van der Waals surface area contributed by atoms with Crippen molar-refractivity contribution in [2.45, 2.75) is 51.0 Å². The summed E-state index contributed by atoms with van der Waals surface area (Å²) in [6, 6.07) is 14.9. The molecule has 0 bridgehead atoms. The van der Waals surface area contributed by atoms with Gasteiger partial charge in [0.25, 0.3) is 15.9 Å². The molecule has 0 aliphatic carbocycles. The number of ether oxygens (including phenoxy) is 3. The van der Waals surface area contributed by atoms with Gasteiger partial charge in [0.05, 0.1) is 10.6 Å². The molecule has 0 radical (unpaired) electrons. The fourth-order valence-electron chi connectivity index (χ4n) is 3.72. The topological polar surface area (TPSA) is 104 Å². The Kier molecular flexibility index (Phi) is 7.25. The van der Waals surface area contributed by atoms with E-state index in [9.17, 15) is 13.2 Å². The summed E-state index contributed by atoms with van der Waals surface area (Å²) >= 11 is 0. The predicted octanol–water partition coefficient (Wildman–Crippen LogP) is 4.12. The lowest BCUT2D eigenvalue weighted by Gasteiger charge is -2.21. The number of amides is 1. The highest BCUT2D eigenvalue weighted by Crippen LogP contribution is 2.36. The first kappa shape index (κ1) is 24.5. The molecule has 1 aliphatic rings. The number of fused-ring (bicyclic) bond motifs is 1. The molecule has 0 fully saturated rings. The Morgan fingerprint density at radius 1 is 0.971 bits per heavy atom. The van der Waals surface area contributed by atoms with Gasteiger partial charge in [0.1, 0.15) is 5.75 Å². The molecule has 1 amide bonds. The van der Waals surface area contributed by atoms with Crippen molar-refractivity contribution in [3.05, 3.63) is 77.1 Å². The Morgan fingerprint density at radius 2 is 1.71 bits per heavy atom. The Morgan fingerprint density at radius 3 is 2.40 bits per heavy atom. The van der Waals surface area contributed by atoms with Crippen molar-refractivity contribution < 1.29 is 27.4 Å². The third kappa shape index (κ3) is 5.40. The largest absolute Gasteiger partial charge is 0.474 e. The molecule has 2 heterocycles. The Bertz CT molecular complexity index is 1320. The highest BCUT2D eigenvalue weighted by atomic mass is 32.2. The average Bonchev–Trinajstić information content (AvgIpc) is 3.35. The maximum absolute atomic E-state index is 13.4. The normalized spacial score (nSPS) is 13.3. The van der Waals surface area contributed by atoms with Crippen LogP contribution in [-0.2, 0) is 34.1 Å². The monoisotopic (exact) mass is 496 g/mol. The second-order valence-corrected chi connectivity index (χ2v) is 9.71. The molecular formula is C26H28N2O6S. The number of hydrogen-bond donors (Lipinski definition) is 1. The van der Waals surface area contributed by atoms with Crippen molar-refractivity contribution in [3.63, 3.8) is 0 Å². The number of sulfonamides is 1. The van der Waals surface area contributed by atoms with Gasteiger partial charge in [0, 0.05) is 11.3 Å². The van der Waals surface area contributed by atoms with Crippen molar-refractivity contribution in [1.82, 2.24) is 9.71 Å². The molecule has 1 unspecified atom stereocenters. The van der Waals surface area contributed by atoms with E-state index in [0.717, 1.165) is 24.1 Å². The summed E-state index contributed by atoms with van der Waals surface area (Å²) in [6.07, 6.45) is 0.848. The second kappa shape index (κ2) is 10.4. The standard InChI is InChI=1S/C26H28N2O6S/c1-4-17-7-11-20(12-8-17)35(30,31)28-26(29)25(18-9-13-23-24(15-18)33-16-32-23)34-22-14-10-19(5-2)27-21(22)6-3/h7-15,25H,4-6,16H2,1-3H3,(H,28,29). The van der Waals surface area contributed by atoms with Crippen LogP contribution in [0.4, 0.5) is 0 Å². The van der Waals surface area contributed by atoms with E-state index in [1.54, 1.807) is 36.4 Å².